The molecule has 0 aliphatic heterocycles. The van der Waals surface area contributed by atoms with Crippen LogP contribution in [0.1, 0.15) is 18.2 Å². The van der Waals surface area contributed by atoms with Gasteiger partial charge in [-0.1, -0.05) is 23.2 Å². The van der Waals surface area contributed by atoms with Gasteiger partial charge in [0.2, 0.25) is 0 Å². The zero-order chi connectivity index (χ0) is 12.6. The third kappa shape index (κ3) is 2.20. The lowest BCUT2D eigenvalue weighted by Crippen LogP contribution is -2.03. The monoisotopic (exact) mass is 268 g/mol. The van der Waals surface area contributed by atoms with Gasteiger partial charge in [0, 0.05) is 28.3 Å². The highest BCUT2D eigenvalue weighted by molar-refractivity contribution is 6.39. The van der Waals surface area contributed by atoms with Crippen LogP contribution in [0.3, 0.4) is 0 Å². The molecule has 0 spiro atoms. The number of benzene rings is 1. The first-order valence-corrected chi connectivity index (χ1v) is 6.30. The number of fused-ring (bicyclic) bond motifs is 1. The molecule has 0 atom stereocenters. The van der Waals surface area contributed by atoms with Gasteiger partial charge >= 0.3 is 0 Å². The van der Waals surface area contributed by atoms with Gasteiger partial charge in [-0.25, -0.2) is 0 Å². The molecule has 0 aliphatic rings. The Kier molecular flexibility index (Phi) is 3.45. The van der Waals surface area contributed by atoms with Crippen molar-refractivity contribution >= 4 is 39.8 Å². The molecule has 1 aromatic carbocycles. The summed E-state index contributed by atoms with van der Waals surface area (Å²) in [5, 5.41) is 5.55. The molecule has 0 fully saturated rings. The smallest absolute Gasteiger partial charge is 0.0756 e. The van der Waals surface area contributed by atoms with Crippen molar-refractivity contribution < 1.29 is 0 Å². The Morgan fingerprint density at radius 2 is 1.94 bits per heavy atom. The van der Waals surface area contributed by atoms with E-state index in [1.807, 2.05) is 19.9 Å². The van der Waals surface area contributed by atoms with Gasteiger partial charge in [-0.2, -0.15) is 0 Å². The maximum absolute atomic E-state index is 6.26. The van der Waals surface area contributed by atoms with E-state index in [0.29, 0.717) is 10.0 Å². The lowest BCUT2D eigenvalue weighted by molar-refractivity contribution is 1.16. The first-order valence-electron chi connectivity index (χ1n) is 5.54. The van der Waals surface area contributed by atoms with Gasteiger partial charge in [-0.3, -0.25) is 4.98 Å². The minimum Gasteiger partial charge on any atom is -0.384 e. The molecule has 2 rings (SSSR count). The Morgan fingerprint density at radius 3 is 2.59 bits per heavy atom. The minimum atomic E-state index is 0.612. The van der Waals surface area contributed by atoms with E-state index < -0.39 is 0 Å². The van der Waals surface area contributed by atoms with Gasteiger partial charge in [-0.05, 0) is 38.5 Å². The van der Waals surface area contributed by atoms with E-state index in [1.165, 1.54) is 0 Å². The molecule has 0 bridgehead atoms. The molecular weight excluding hydrogens is 255 g/mol. The van der Waals surface area contributed by atoms with Crippen molar-refractivity contribution in [1.29, 1.82) is 0 Å². The van der Waals surface area contributed by atoms with E-state index in [9.17, 15) is 0 Å². The highest BCUT2D eigenvalue weighted by Crippen LogP contribution is 2.35. The van der Waals surface area contributed by atoms with Gasteiger partial charge in [0.05, 0.1) is 10.5 Å². The van der Waals surface area contributed by atoms with Crippen molar-refractivity contribution in [1.82, 2.24) is 4.98 Å². The molecule has 1 N–H and O–H groups in total. The topological polar surface area (TPSA) is 24.9 Å². The standard InChI is InChI=1S/C13H14Cl2N2/c1-4-16-13-7(2)8(3)17-11-6-9(14)5-10(15)12(11)13/h5-6H,4H2,1-3H3,(H,16,17). The van der Waals surface area contributed by atoms with E-state index in [0.717, 1.165) is 34.4 Å². The predicted molar refractivity (Wildman–Crippen MR) is 75.4 cm³/mol. The summed E-state index contributed by atoms with van der Waals surface area (Å²) in [6.45, 7) is 6.94. The van der Waals surface area contributed by atoms with Crippen molar-refractivity contribution in [3.05, 3.63) is 33.4 Å². The van der Waals surface area contributed by atoms with E-state index in [-0.39, 0.29) is 0 Å². The maximum Gasteiger partial charge on any atom is 0.0756 e. The van der Waals surface area contributed by atoms with E-state index in [2.05, 4.69) is 17.2 Å². The average Bonchev–Trinajstić information content (AvgIpc) is 2.24. The number of halogens is 2. The number of nitrogens with zero attached hydrogens (tertiary/aromatic N) is 1. The second kappa shape index (κ2) is 4.71. The fourth-order valence-electron chi connectivity index (χ4n) is 1.93. The molecule has 2 aromatic rings. The molecule has 0 amide bonds. The zero-order valence-electron chi connectivity index (χ0n) is 10.1. The summed E-state index contributed by atoms with van der Waals surface area (Å²) in [4.78, 5) is 4.53. The van der Waals surface area contributed by atoms with Crippen molar-refractivity contribution in [2.45, 2.75) is 20.8 Å². The number of hydrogen-bond donors (Lipinski definition) is 1. The number of aryl methyl sites for hydroxylation is 1. The summed E-state index contributed by atoms with van der Waals surface area (Å²) < 4.78 is 0. The Morgan fingerprint density at radius 1 is 1.24 bits per heavy atom. The minimum absolute atomic E-state index is 0.612. The first-order chi connectivity index (χ1) is 8.04. The average molecular weight is 269 g/mol. The zero-order valence-corrected chi connectivity index (χ0v) is 11.6. The van der Waals surface area contributed by atoms with Crippen LogP contribution in [0.15, 0.2) is 12.1 Å². The van der Waals surface area contributed by atoms with Crippen LogP contribution >= 0.6 is 23.2 Å². The third-order valence-electron chi connectivity index (χ3n) is 2.84. The van der Waals surface area contributed by atoms with Gasteiger partial charge in [0.15, 0.2) is 0 Å². The molecule has 0 radical (unpaired) electrons. The number of nitrogens with one attached hydrogen (secondary N) is 1. The lowest BCUT2D eigenvalue weighted by atomic mass is 10.1. The second-order valence-corrected chi connectivity index (χ2v) is 4.85. The Hall–Kier alpha value is -0.990. The van der Waals surface area contributed by atoms with Crippen molar-refractivity contribution in [3.63, 3.8) is 0 Å². The second-order valence-electron chi connectivity index (χ2n) is 4.01. The van der Waals surface area contributed by atoms with Gasteiger partial charge in [0.1, 0.15) is 0 Å². The molecule has 17 heavy (non-hydrogen) atoms. The Balaban J connectivity index is 2.87. The Labute approximate surface area is 111 Å². The fourth-order valence-corrected chi connectivity index (χ4v) is 2.50. The van der Waals surface area contributed by atoms with Crippen LogP contribution < -0.4 is 5.32 Å². The Bertz CT molecular complexity index is 579. The molecule has 90 valence electrons. The largest absolute Gasteiger partial charge is 0.384 e. The summed E-state index contributed by atoms with van der Waals surface area (Å²) in [5.41, 5.74) is 4.01. The van der Waals surface area contributed by atoms with Crippen LogP contribution in [0.2, 0.25) is 10.0 Å². The molecular formula is C13H14Cl2N2. The van der Waals surface area contributed by atoms with Gasteiger partial charge in [0.25, 0.3) is 0 Å². The summed E-state index contributed by atoms with van der Waals surface area (Å²) in [7, 11) is 0. The van der Waals surface area contributed by atoms with Crippen LogP contribution in [0.25, 0.3) is 10.9 Å². The SMILES string of the molecule is CCNc1c(C)c(C)nc2cc(Cl)cc(Cl)c12. The highest BCUT2D eigenvalue weighted by Gasteiger charge is 2.12. The van der Waals surface area contributed by atoms with E-state index in [1.54, 1.807) is 6.07 Å². The summed E-state index contributed by atoms with van der Waals surface area (Å²) >= 11 is 12.3. The lowest BCUT2D eigenvalue weighted by Gasteiger charge is -2.14. The number of hydrogen-bond acceptors (Lipinski definition) is 2. The number of aromatic nitrogens is 1. The fraction of sp³-hybridized carbons (Fsp3) is 0.308. The molecule has 1 heterocycles. The number of rotatable bonds is 2. The number of pyridine rings is 1. The molecule has 0 unspecified atom stereocenters. The van der Waals surface area contributed by atoms with Gasteiger partial charge in [-0.15, -0.1) is 0 Å². The molecule has 1 aromatic heterocycles. The summed E-state index contributed by atoms with van der Waals surface area (Å²) in [6.07, 6.45) is 0. The number of anilines is 1. The highest BCUT2D eigenvalue weighted by atomic mass is 35.5. The van der Waals surface area contributed by atoms with Crippen LogP contribution in [0.4, 0.5) is 5.69 Å². The van der Waals surface area contributed by atoms with Gasteiger partial charge < -0.3 is 5.32 Å². The molecule has 0 saturated heterocycles. The summed E-state index contributed by atoms with van der Waals surface area (Å²) in [5.74, 6) is 0. The molecule has 4 heteroatoms. The van der Waals surface area contributed by atoms with Crippen molar-refractivity contribution in [3.8, 4) is 0 Å². The maximum atomic E-state index is 6.26. The normalized spacial score (nSPS) is 10.9. The quantitative estimate of drug-likeness (QED) is 0.862. The van der Waals surface area contributed by atoms with Crippen LogP contribution in [-0.4, -0.2) is 11.5 Å². The molecule has 2 nitrogen and oxygen atoms in total. The molecule has 0 aliphatic carbocycles. The first kappa shape index (κ1) is 12.5. The molecule has 0 saturated carbocycles. The van der Waals surface area contributed by atoms with Crippen LogP contribution in [0, 0.1) is 13.8 Å². The van der Waals surface area contributed by atoms with Crippen LogP contribution in [0.5, 0.6) is 0 Å². The van der Waals surface area contributed by atoms with Crippen molar-refractivity contribution in [2.75, 3.05) is 11.9 Å². The van der Waals surface area contributed by atoms with E-state index in [4.69, 9.17) is 23.2 Å². The summed E-state index contributed by atoms with van der Waals surface area (Å²) in [6, 6.07) is 3.60. The van der Waals surface area contributed by atoms with E-state index >= 15 is 0 Å². The third-order valence-corrected chi connectivity index (χ3v) is 3.36. The predicted octanol–water partition coefficient (Wildman–Crippen LogP) is 4.59. The van der Waals surface area contributed by atoms with Crippen LogP contribution in [-0.2, 0) is 0 Å². The van der Waals surface area contributed by atoms with Crippen molar-refractivity contribution in [2.24, 2.45) is 0 Å².